The maximum Gasteiger partial charge on any atom is 0.161 e. The minimum atomic E-state index is -0.109. The van der Waals surface area contributed by atoms with Gasteiger partial charge in [0.25, 0.3) is 0 Å². The van der Waals surface area contributed by atoms with Crippen molar-refractivity contribution in [2.45, 2.75) is 87.5 Å². The Kier molecular flexibility index (Phi) is 15.6. The number of aryl methyl sites for hydroxylation is 1. The summed E-state index contributed by atoms with van der Waals surface area (Å²) in [5.41, 5.74) is 6.70. The molecule has 1 aromatic heterocycles. The predicted molar refractivity (Wildman–Crippen MR) is 155 cm³/mol. The van der Waals surface area contributed by atoms with Crippen molar-refractivity contribution >= 4 is 11.9 Å². The first-order valence-corrected chi connectivity index (χ1v) is 13.3. The van der Waals surface area contributed by atoms with Crippen LogP contribution in [0.5, 0.6) is 0 Å². The van der Waals surface area contributed by atoms with Crippen molar-refractivity contribution in [3.05, 3.63) is 77.7 Å². The first-order chi connectivity index (χ1) is 17.3. The van der Waals surface area contributed by atoms with E-state index in [-0.39, 0.29) is 17.1 Å². The average Bonchev–Trinajstić information content (AvgIpc) is 3.32. The number of carbonyl (C=O) groups is 1. The van der Waals surface area contributed by atoms with Crippen LogP contribution in [0, 0.1) is 18.3 Å². The lowest BCUT2D eigenvalue weighted by Gasteiger charge is -2.45. The van der Waals surface area contributed by atoms with Crippen LogP contribution in [0.15, 0.2) is 60.8 Å². The SMILES string of the molecule is C=C(C)C(=O)C1CCCC2=Cc3c(cnn3-c3ccc(C)cc3)C[C@@]21C.C=CCC.CC.CC.CF. The monoisotopic (exact) mass is 496 g/mol. The van der Waals surface area contributed by atoms with Crippen molar-refractivity contribution in [1.82, 2.24) is 9.78 Å². The Morgan fingerprint density at radius 1 is 1.19 bits per heavy atom. The third kappa shape index (κ3) is 7.88. The molecule has 2 aromatic rings. The van der Waals surface area contributed by atoms with E-state index in [1.165, 1.54) is 22.4 Å². The number of halogens is 1. The van der Waals surface area contributed by atoms with E-state index in [2.05, 4.69) is 69.4 Å². The van der Waals surface area contributed by atoms with Crippen molar-refractivity contribution in [3.8, 4) is 5.69 Å². The highest BCUT2D eigenvalue weighted by Gasteiger charge is 2.46. The fourth-order valence-corrected chi connectivity index (χ4v) is 4.65. The molecule has 0 saturated heterocycles. The lowest BCUT2D eigenvalue weighted by atomic mass is 9.58. The minimum absolute atomic E-state index is 0.0378. The van der Waals surface area contributed by atoms with Crippen LogP contribution in [0.25, 0.3) is 11.8 Å². The Hall–Kier alpha value is -2.75. The standard InChI is InChI=1S/C23H26N2O.C4H8.2C2H6.CH3F/c1-15(2)22(26)20-7-5-6-18-12-21-17(13-23(18,20)4)14-24-25(21)19-10-8-16(3)9-11-19;1-3-4-2;3*1-2/h8-12,14,20H,1,5-7,13H2,2-4H3;3H,1,4H2,2H3;2*1-2H3;1H3/t20?,23-;;;;/m0..../s1. The molecule has 0 N–H and O–H groups in total. The molecule has 1 unspecified atom stereocenters. The Labute approximate surface area is 220 Å². The molecule has 1 heterocycles. The van der Waals surface area contributed by atoms with Crippen molar-refractivity contribution in [2.75, 3.05) is 7.18 Å². The fraction of sp³-hybridized carbons (Fsp3) is 0.500. The van der Waals surface area contributed by atoms with Gasteiger partial charge in [0.1, 0.15) is 0 Å². The number of ketones is 1. The Morgan fingerprint density at radius 2 is 1.75 bits per heavy atom. The van der Waals surface area contributed by atoms with Crippen molar-refractivity contribution in [1.29, 1.82) is 0 Å². The van der Waals surface area contributed by atoms with Gasteiger partial charge in [-0.3, -0.25) is 9.18 Å². The van der Waals surface area contributed by atoms with Crippen molar-refractivity contribution < 1.29 is 9.18 Å². The smallest absolute Gasteiger partial charge is 0.161 e. The van der Waals surface area contributed by atoms with E-state index in [4.69, 9.17) is 0 Å². The van der Waals surface area contributed by atoms with Gasteiger partial charge in [0.2, 0.25) is 0 Å². The molecule has 0 spiro atoms. The van der Waals surface area contributed by atoms with Gasteiger partial charge in [0, 0.05) is 11.3 Å². The molecule has 200 valence electrons. The molecule has 0 bridgehead atoms. The highest BCUT2D eigenvalue weighted by Crippen LogP contribution is 2.51. The topological polar surface area (TPSA) is 34.9 Å². The van der Waals surface area contributed by atoms with Crippen LogP contribution in [0.4, 0.5) is 4.39 Å². The van der Waals surface area contributed by atoms with E-state index in [0.29, 0.717) is 12.8 Å². The van der Waals surface area contributed by atoms with Crippen LogP contribution in [0.2, 0.25) is 0 Å². The zero-order chi connectivity index (χ0) is 27.9. The number of rotatable bonds is 4. The second-order valence-corrected chi connectivity index (χ2v) is 8.85. The summed E-state index contributed by atoms with van der Waals surface area (Å²) in [6.45, 7) is 23.6. The molecule has 0 aliphatic heterocycles. The fourth-order valence-electron chi connectivity index (χ4n) is 4.65. The molecule has 1 saturated carbocycles. The molecule has 2 aliphatic rings. The second kappa shape index (κ2) is 16.8. The molecule has 0 radical (unpaired) electrons. The number of fused-ring (bicyclic) bond motifs is 2. The maximum absolute atomic E-state index is 12.8. The van der Waals surface area contributed by atoms with E-state index in [9.17, 15) is 9.18 Å². The summed E-state index contributed by atoms with van der Waals surface area (Å²) in [5.74, 6) is 0.267. The van der Waals surface area contributed by atoms with Gasteiger partial charge in [-0.1, -0.05) is 77.5 Å². The third-order valence-corrected chi connectivity index (χ3v) is 6.50. The molecule has 0 amide bonds. The van der Waals surface area contributed by atoms with Gasteiger partial charge in [0.05, 0.1) is 24.8 Å². The second-order valence-electron chi connectivity index (χ2n) is 8.85. The van der Waals surface area contributed by atoms with E-state index in [0.717, 1.165) is 37.8 Å². The van der Waals surface area contributed by atoms with Crippen LogP contribution >= 0.6 is 0 Å². The average molecular weight is 497 g/mol. The van der Waals surface area contributed by atoms with Gasteiger partial charge in [-0.15, -0.1) is 6.58 Å². The third-order valence-electron chi connectivity index (χ3n) is 6.50. The minimum Gasteiger partial charge on any atom is -0.294 e. The summed E-state index contributed by atoms with van der Waals surface area (Å²) in [6.07, 6.45) is 11.2. The lowest BCUT2D eigenvalue weighted by molar-refractivity contribution is -0.123. The van der Waals surface area contributed by atoms with E-state index in [1.54, 1.807) is 0 Å². The summed E-state index contributed by atoms with van der Waals surface area (Å²) >= 11 is 0. The quantitative estimate of drug-likeness (QED) is 0.312. The van der Waals surface area contributed by atoms with Gasteiger partial charge in [0.15, 0.2) is 5.78 Å². The Morgan fingerprint density at radius 3 is 2.25 bits per heavy atom. The molecule has 4 heteroatoms. The number of carbonyl (C=O) groups excluding carboxylic acids is 1. The van der Waals surface area contributed by atoms with Crippen molar-refractivity contribution in [2.24, 2.45) is 11.3 Å². The van der Waals surface area contributed by atoms with E-state index < -0.39 is 0 Å². The molecule has 4 rings (SSSR count). The predicted octanol–water partition coefficient (Wildman–Crippen LogP) is 9.29. The zero-order valence-electron chi connectivity index (χ0n) is 24.2. The van der Waals surface area contributed by atoms with Crippen LogP contribution < -0.4 is 0 Å². The van der Waals surface area contributed by atoms with Crippen LogP contribution in [-0.2, 0) is 11.2 Å². The lowest BCUT2D eigenvalue weighted by Crippen LogP contribution is -2.41. The number of allylic oxidation sites excluding steroid dienone is 3. The van der Waals surface area contributed by atoms with Crippen LogP contribution in [0.3, 0.4) is 0 Å². The highest BCUT2D eigenvalue weighted by molar-refractivity contribution is 5.97. The van der Waals surface area contributed by atoms with Gasteiger partial charge in [-0.05, 0) is 75.3 Å². The number of Topliss-reactive ketones (excluding diaryl/α,β-unsaturated/α-hetero) is 1. The Bertz CT molecular complexity index is 984. The molecule has 1 fully saturated rings. The van der Waals surface area contributed by atoms with Gasteiger partial charge in [-0.25, -0.2) is 4.68 Å². The summed E-state index contributed by atoms with van der Waals surface area (Å²) in [5, 5.41) is 4.66. The molecular weight excluding hydrogens is 447 g/mol. The summed E-state index contributed by atoms with van der Waals surface area (Å²) in [7, 11) is 0.500. The number of alkyl halides is 1. The Balaban J connectivity index is 0.00000108. The van der Waals surface area contributed by atoms with E-state index >= 15 is 0 Å². The van der Waals surface area contributed by atoms with E-state index in [1.807, 2.05) is 51.6 Å². The molecule has 1 aromatic carbocycles. The van der Waals surface area contributed by atoms with Gasteiger partial charge in [-0.2, -0.15) is 5.10 Å². The van der Waals surface area contributed by atoms with Gasteiger partial charge >= 0.3 is 0 Å². The first kappa shape index (κ1) is 33.2. The van der Waals surface area contributed by atoms with Crippen molar-refractivity contribution in [3.63, 3.8) is 0 Å². The number of aromatic nitrogens is 2. The summed E-state index contributed by atoms with van der Waals surface area (Å²) in [6, 6.07) is 8.46. The maximum atomic E-state index is 12.8. The van der Waals surface area contributed by atoms with Crippen LogP contribution in [0.1, 0.15) is 91.0 Å². The molecule has 2 atom stereocenters. The first-order valence-electron chi connectivity index (χ1n) is 13.3. The normalized spacial score (nSPS) is 18.8. The number of hydrogen-bond donors (Lipinski definition) is 0. The largest absolute Gasteiger partial charge is 0.294 e. The van der Waals surface area contributed by atoms with Crippen LogP contribution in [-0.4, -0.2) is 22.7 Å². The summed E-state index contributed by atoms with van der Waals surface area (Å²) < 4.78 is 11.5. The highest BCUT2D eigenvalue weighted by atomic mass is 19.1. The van der Waals surface area contributed by atoms with Gasteiger partial charge < -0.3 is 0 Å². The molecule has 2 aliphatic carbocycles. The number of nitrogens with zero attached hydrogens (tertiary/aromatic N) is 2. The summed E-state index contributed by atoms with van der Waals surface area (Å²) in [4.78, 5) is 12.8. The molecular formula is C32H49FN2O. The molecule has 3 nitrogen and oxygen atoms in total. The number of benzene rings is 1. The molecule has 36 heavy (non-hydrogen) atoms. The number of hydrogen-bond acceptors (Lipinski definition) is 2. The zero-order valence-corrected chi connectivity index (χ0v) is 24.2.